The van der Waals surface area contributed by atoms with Gasteiger partial charge in [0.05, 0.1) is 55.1 Å². The van der Waals surface area contributed by atoms with E-state index in [0.717, 1.165) is 5.57 Å². The van der Waals surface area contributed by atoms with Crippen LogP contribution >= 0.6 is 0 Å². The van der Waals surface area contributed by atoms with Crippen molar-refractivity contribution in [1.82, 2.24) is 0 Å². The summed E-state index contributed by atoms with van der Waals surface area (Å²) in [7, 11) is 0. The van der Waals surface area contributed by atoms with Crippen LogP contribution in [0.4, 0.5) is 0 Å². The van der Waals surface area contributed by atoms with Crippen molar-refractivity contribution in [3.63, 3.8) is 0 Å². The van der Waals surface area contributed by atoms with Gasteiger partial charge in [-0.1, -0.05) is 39.3 Å². The van der Waals surface area contributed by atoms with Crippen molar-refractivity contribution in [3.8, 4) is 0 Å². The van der Waals surface area contributed by atoms with Crippen molar-refractivity contribution < 1.29 is 139 Å². The Balaban J connectivity index is 0.957. The first kappa shape index (κ1) is 67.6. The molecule has 0 unspecified atom stereocenters. The average Bonchev–Trinajstić information content (AvgIpc) is 0.686. The third kappa shape index (κ3) is 11.0. The summed E-state index contributed by atoms with van der Waals surface area (Å²) in [5.74, 6) is -3.67. The van der Waals surface area contributed by atoms with Gasteiger partial charge in [0.1, 0.15) is 97.7 Å². The molecule has 16 N–H and O–H groups in total. The Bertz CT molecular complexity index is 2490. The van der Waals surface area contributed by atoms with Gasteiger partial charge in [-0.2, -0.15) is 0 Å². The number of ether oxygens (including phenoxy) is 10. The Morgan fingerprint density at radius 1 is 0.552 bits per heavy atom. The van der Waals surface area contributed by atoms with Crippen molar-refractivity contribution >= 4 is 11.9 Å². The number of aliphatic carboxylic acids is 1. The molecular formula is C59H94O28. The SMILES string of the molecule is C[C@@H]1O[C@@H](O[C@H]2[C@@H](O)[C@@H](C)O[C@@H](OC(=O)[C@]34CCC(C)(C)C[C@H]3C3=CC[C@@H]5[C@@]6(C)C[C@H](O)[C@H](O[C@@H]7O[C@H](CO)[C@@H](O)[C@H](O)[C@H]7O)[C@@](C)(C(=O)O)[C@@H]6CC[C@@]5(C)[C@]3(CO)CC4)[C@@H]2O[C@@H]2O[C@@H](C)[C@H](O[C@@H]3OC[C@@H](O)[C@H](O)[C@H]3O)[C@@H](O)[C@H]2O)[C@H](O)[C@H](O)[C@H]1O. The van der Waals surface area contributed by atoms with Gasteiger partial charge < -0.3 is 129 Å². The second-order valence-corrected chi connectivity index (χ2v) is 28.4. The molecule has 4 saturated carbocycles. The first-order valence-corrected chi connectivity index (χ1v) is 30.8. The topological polar surface area (TPSA) is 450 Å². The number of hydrogen-bond donors (Lipinski definition) is 16. The summed E-state index contributed by atoms with van der Waals surface area (Å²) < 4.78 is 60.5. The van der Waals surface area contributed by atoms with Crippen LogP contribution in [0, 0.1) is 50.2 Å². The molecule has 10 aliphatic rings. The number of rotatable bonds is 13. The highest BCUT2D eigenvalue weighted by molar-refractivity contribution is 5.79. The maximum atomic E-state index is 15.9. The van der Waals surface area contributed by atoms with Crippen molar-refractivity contribution in [3.05, 3.63) is 11.6 Å². The van der Waals surface area contributed by atoms with Crippen LogP contribution in [0.15, 0.2) is 11.6 Å². The predicted molar refractivity (Wildman–Crippen MR) is 290 cm³/mol. The number of carbonyl (C=O) groups is 2. The summed E-state index contributed by atoms with van der Waals surface area (Å²) in [5, 5.41) is 177. The zero-order valence-electron chi connectivity index (χ0n) is 50.4. The van der Waals surface area contributed by atoms with Crippen LogP contribution in [0.5, 0.6) is 0 Å². The first-order chi connectivity index (χ1) is 40.7. The molecular weight excluding hydrogens is 1160 g/mol. The van der Waals surface area contributed by atoms with Crippen molar-refractivity contribution in [2.24, 2.45) is 50.2 Å². The Morgan fingerprint density at radius 2 is 1.11 bits per heavy atom. The van der Waals surface area contributed by atoms with E-state index in [2.05, 4.69) is 26.8 Å². The number of esters is 1. The molecule has 34 atom stereocenters. The second-order valence-electron chi connectivity index (χ2n) is 28.4. The predicted octanol–water partition coefficient (Wildman–Crippen LogP) is -3.48. The summed E-state index contributed by atoms with van der Waals surface area (Å²) in [6, 6.07) is 0. The fraction of sp³-hybridized carbons (Fsp3) is 0.932. The lowest BCUT2D eigenvalue weighted by Crippen LogP contribution is -2.71. The number of aliphatic hydroxyl groups excluding tert-OH is 15. The summed E-state index contributed by atoms with van der Waals surface area (Å²) >= 11 is 0. The van der Waals surface area contributed by atoms with E-state index in [9.17, 15) is 86.5 Å². The molecule has 0 amide bonds. The molecule has 5 aliphatic carbocycles. The Morgan fingerprint density at radius 3 is 1.76 bits per heavy atom. The van der Waals surface area contributed by atoms with E-state index in [-0.39, 0.29) is 43.6 Å². The molecule has 0 aromatic heterocycles. The van der Waals surface area contributed by atoms with Gasteiger partial charge in [-0.15, -0.1) is 0 Å². The molecule has 0 aromatic carbocycles. The minimum Gasteiger partial charge on any atom is -0.481 e. The van der Waals surface area contributed by atoms with Gasteiger partial charge >= 0.3 is 11.9 Å². The van der Waals surface area contributed by atoms with Gasteiger partial charge in [-0.25, -0.2) is 0 Å². The highest BCUT2D eigenvalue weighted by atomic mass is 16.8. The average molecular weight is 1250 g/mol. The summed E-state index contributed by atoms with van der Waals surface area (Å²) in [6.07, 6.45) is -37.9. The van der Waals surface area contributed by atoms with Crippen LogP contribution in [0.2, 0.25) is 0 Å². The zero-order chi connectivity index (χ0) is 63.7. The van der Waals surface area contributed by atoms with Gasteiger partial charge in [-0.05, 0) is 119 Å². The lowest BCUT2D eigenvalue weighted by molar-refractivity contribution is -0.390. The van der Waals surface area contributed by atoms with E-state index in [1.54, 1.807) is 0 Å². The van der Waals surface area contributed by atoms with Gasteiger partial charge in [0.25, 0.3) is 0 Å². The van der Waals surface area contributed by atoms with Crippen LogP contribution in [-0.4, -0.2) is 273 Å². The van der Waals surface area contributed by atoms with Crippen molar-refractivity contribution in [2.45, 2.75) is 273 Å². The number of allylic oxidation sites excluding steroid dienone is 1. The second kappa shape index (κ2) is 24.6. The quantitative estimate of drug-likeness (QED) is 0.0484. The molecule has 9 fully saturated rings. The highest BCUT2D eigenvalue weighted by Gasteiger charge is 2.74. The van der Waals surface area contributed by atoms with E-state index in [1.807, 2.05) is 6.92 Å². The molecule has 5 heterocycles. The van der Waals surface area contributed by atoms with E-state index < -0.39 is 224 Å². The highest BCUT2D eigenvalue weighted by Crippen LogP contribution is 2.76. The Hall–Kier alpha value is -2.28. The number of fused-ring (bicyclic) bond motifs is 7. The Labute approximate surface area is 503 Å². The largest absolute Gasteiger partial charge is 0.481 e. The van der Waals surface area contributed by atoms with E-state index in [1.165, 1.54) is 27.7 Å². The van der Waals surface area contributed by atoms with Gasteiger partial charge in [0, 0.05) is 5.41 Å². The minimum absolute atomic E-state index is 0.0155. The van der Waals surface area contributed by atoms with Crippen LogP contribution in [0.25, 0.3) is 0 Å². The summed E-state index contributed by atoms with van der Waals surface area (Å²) in [4.78, 5) is 29.7. The monoisotopic (exact) mass is 1250 g/mol. The van der Waals surface area contributed by atoms with Crippen LogP contribution in [-0.2, 0) is 57.0 Å². The normalized spacial score (nSPS) is 55.1. The lowest BCUT2D eigenvalue weighted by Gasteiger charge is -2.71. The van der Waals surface area contributed by atoms with Gasteiger partial charge in [0.15, 0.2) is 31.3 Å². The summed E-state index contributed by atoms with van der Waals surface area (Å²) in [6.45, 7) is 12.5. The molecule has 0 bridgehead atoms. The molecule has 28 nitrogen and oxygen atoms in total. The van der Waals surface area contributed by atoms with E-state index >= 15 is 4.79 Å². The standard InChI is InChI=1S/C59H94O28/c1-22-32(64)36(68)40(72)48(79-22)84-44-33(65)23(2)80-51(45(44)85-49-42(74)38(70)43(24(3)81-49)83-47-39(71)34(66)28(63)20-78-47)87-53(77)58-14-13-54(4,5)17-26(58)25-9-10-30-55(6)18-27(62)46(86-50-41(73)37(69)35(67)29(19-60)82-50)57(8,52(75)76)31(55)11-12-56(30,7)59(25,21-61)16-15-58/h9,22-24,26-51,60-74H,10-21H2,1-8H3,(H,75,76)/t22-,23+,24-,26-,27-,28+,29+,30+,31+,32-,33-,34-,35+,36+,37-,38-,39+,40+,41+,42+,43-,44-,45+,46-,47-,48-,49-,50-,51-,55+,56+,57-,58-,59-/m0/s1. The molecule has 498 valence electrons. The molecule has 5 aliphatic heterocycles. The minimum atomic E-state index is -2.01. The zero-order valence-corrected chi connectivity index (χ0v) is 50.4. The molecule has 28 heteroatoms. The fourth-order valence-electron chi connectivity index (χ4n) is 17.8. The van der Waals surface area contributed by atoms with Crippen LogP contribution < -0.4 is 0 Å². The maximum Gasteiger partial charge on any atom is 0.315 e. The molecule has 0 spiro atoms. The number of hydrogen-bond acceptors (Lipinski definition) is 27. The fourth-order valence-corrected chi connectivity index (χ4v) is 17.8. The molecule has 5 saturated heterocycles. The lowest BCUT2D eigenvalue weighted by atomic mass is 9.33. The smallest absolute Gasteiger partial charge is 0.315 e. The molecule has 0 aromatic rings. The van der Waals surface area contributed by atoms with Gasteiger partial charge in [0.2, 0.25) is 6.29 Å². The Kier molecular flexibility index (Phi) is 19.1. The van der Waals surface area contributed by atoms with Crippen LogP contribution in [0.3, 0.4) is 0 Å². The molecule has 10 rings (SSSR count). The van der Waals surface area contributed by atoms with Crippen LogP contribution in [0.1, 0.15) is 113 Å². The first-order valence-electron chi connectivity index (χ1n) is 30.8. The van der Waals surface area contributed by atoms with E-state index in [0.29, 0.717) is 32.1 Å². The number of carbonyl (C=O) groups excluding carboxylic acids is 1. The third-order valence-corrected chi connectivity index (χ3v) is 23.1. The number of carboxylic acid groups (broad SMARTS) is 1. The van der Waals surface area contributed by atoms with Gasteiger partial charge in [-0.3, -0.25) is 9.59 Å². The molecule has 87 heavy (non-hydrogen) atoms. The van der Waals surface area contributed by atoms with Crippen molar-refractivity contribution in [2.75, 3.05) is 19.8 Å². The van der Waals surface area contributed by atoms with Crippen molar-refractivity contribution in [1.29, 1.82) is 0 Å². The number of carboxylic acids is 1. The molecule has 0 radical (unpaired) electrons. The number of aliphatic hydroxyl groups is 15. The van der Waals surface area contributed by atoms with E-state index in [4.69, 9.17) is 47.4 Å². The summed E-state index contributed by atoms with van der Waals surface area (Å²) in [5.41, 5.74) is -5.41. The third-order valence-electron chi connectivity index (χ3n) is 23.1. The maximum absolute atomic E-state index is 15.9.